The van der Waals surface area contributed by atoms with E-state index in [0.717, 1.165) is 0 Å². The number of methoxy groups -OCH3 is 2. The molecule has 10 heteroatoms. The Morgan fingerprint density at radius 3 is 2.74 bits per heavy atom. The second-order valence-electron chi connectivity index (χ2n) is 7.40. The van der Waals surface area contributed by atoms with Crippen LogP contribution in [-0.2, 0) is 28.2 Å². The van der Waals surface area contributed by atoms with Crippen molar-refractivity contribution in [3.05, 3.63) is 45.6 Å². The minimum absolute atomic E-state index is 0.112. The Kier molecular flexibility index (Phi) is 5.84. The molecule has 2 N–H and O–H groups in total. The van der Waals surface area contributed by atoms with Crippen LogP contribution in [-0.4, -0.2) is 54.6 Å². The van der Waals surface area contributed by atoms with Crippen molar-refractivity contribution in [3.63, 3.8) is 0 Å². The van der Waals surface area contributed by atoms with Crippen molar-refractivity contribution in [2.45, 2.75) is 31.5 Å². The van der Waals surface area contributed by atoms with Gasteiger partial charge in [-0.05, 0) is 12.1 Å². The van der Waals surface area contributed by atoms with Crippen molar-refractivity contribution in [1.29, 1.82) is 0 Å². The number of amides is 1. The highest BCUT2D eigenvalue weighted by Gasteiger charge is 2.43. The molecule has 0 aliphatic carbocycles. The summed E-state index contributed by atoms with van der Waals surface area (Å²) in [7, 11) is 3.07. The van der Waals surface area contributed by atoms with E-state index in [-0.39, 0.29) is 18.8 Å². The number of nitrogens with one attached hydrogen (secondary N) is 1. The Hall–Kier alpha value is -3.11. The maximum absolute atomic E-state index is 12.9. The maximum Gasteiger partial charge on any atom is 0.296 e. The summed E-state index contributed by atoms with van der Waals surface area (Å²) in [4.78, 5) is 30.0. The molecule has 0 unspecified atom stereocenters. The molecule has 0 saturated carbocycles. The molecule has 2 aliphatic rings. The van der Waals surface area contributed by atoms with Gasteiger partial charge in [0.1, 0.15) is 22.9 Å². The molecule has 2 aromatic rings. The first-order chi connectivity index (χ1) is 15.0. The van der Waals surface area contributed by atoms with Crippen LogP contribution in [0.5, 0.6) is 17.2 Å². The number of aromatic hydroxyl groups is 1. The summed E-state index contributed by atoms with van der Waals surface area (Å²) >= 11 is 0. The van der Waals surface area contributed by atoms with Crippen LogP contribution < -0.4 is 20.3 Å². The van der Waals surface area contributed by atoms with Gasteiger partial charge in [0, 0.05) is 44.2 Å². The number of aromatic nitrogens is 2. The Morgan fingerprint density at radius 2 is 2.03 bits per heavy atom. The highest BCUT2D eigenvalue weighted by molar-refractivity contribution is 5.94. The van der Waals surface area contributed by atoms with E-state index in [4.69, 9.17) is 18.9 Å². The zero-order chi connectivity index (χ0) is 22.0. The lowest BCUT2D eigenvalue weighted by atomic mass is 9.91. The van der Waals surface area contributed by atoms with Crippen LogP contribution >= 0.6 is 0 Å². The summed E-state index contributed by atoms with van der Waals surface area (Å²) in [5.74, 6) is 0.181. The van der Waals surface area contributed by atoms with Crippen molar-refractivity contribution in [2.75, 3.05) is 34.0 Å². The number of carbonyl (C=O) groups excluding carboxylic acids is 1. The van der Waals surface area contributed by atoms with E-state index in [1.807, 2.05) is 0 Å². The molecule has 1 aromatic heterocycles. The van der Waals surface area contributed by atoms with Gasteiger partial charge in [-0.1, -0.05) is 0 Å². The predicted molar refractivity (Wildman–Crippen MR) is 109 cm³/mol. The summed E-state index contributed by atoms with van der Waals surface area (Å²) in [6, 6.07) is 5.21. The topological polar surface area (TPSA) is 121 Å². The molecule has 1 amide bonds. The summed E-state index contributed by atoms with van der Waals surface area (Å²) in [5.41, 5.74) is -1.06. The molecule has 0 bridgehead atoms. The molecule has 3 heterocycles. The summed E-state index contributed by atoms with van der Waals surface area (Å²) in [6.45, 7) is 1.64. The molecule has 10 nitrogen and oxygen atoms in total. The van der Waals surface area contributed by atoms with Crippen molar-refractivity contribution in [2.24, 2.45) is 0 Å². The minimum atomic E-state index is -0.794. The average molecular weight is 431 g/mol. The molecule has 1 saturated heterocycles. The summed E-state index contributed by atoms with van der Waals surface area (Å²) in [6.07, 6.45) is 1.04. The van der Waals surface area contributed by atoms with Crippen LogP contribution in [0.25, 0.3) is 0 Å². The van der Waals surface area contributed by atoms with Gasteiger partial charge in [-0.15, -0.1) is 0 Å². The standard InChI is InChI=1S/C21H25N3O7/c1-28-14-4-3-13(15(11-14)29-2)12-22-18(26)16-17(25)19(27)24-7-10-31-21(20(24)23-16)5-8-30-9-6-21/h3-4,11,25H,5-10,12H2,1-2H3,(H,22,26). The zero-order valence-corrected chi connectivity index (χ0v) is 17.5. The third-order valence-corrected chi connectivity index (χ3v) is 5.70. The molecule has 31 heavy (non-hydrogen) atoms. The smallest absolute Gasteiger partial charge is 0.296 e. The molecule has 1 fully saturated rings. The quantitative estimate of drug-likeness (QED) is 0.717. The first-order valence-electron chi connectivity index (χ1n) is 10.0. The molecule has 166 valence electrons. The van der Waals surface area contributed by atoms with Crippen molar-refractivity contribution < 1.29 is 28.8 Å². The fraction of sp³-hybridized carbons (Fsp3) is 0.476. The van der Waals surface area contributed by atoms with E-state index in [1.54, 1.807) is 25.3 Å². The van der Waals surface area contributed by atoms with E-state index < -0.39 is 22.8 Å². The highest BCUT2D eigenvalue weighted by atomic mass is 16.5. The molecule has 1 aromatic carbocycles. The zero-order valence-electron chi connectivity index (χ0n) is 17.5. The number of hydrogen-bond acceptors (Lipinski definition) is 8. The molecular weight excluding hydrogens is 406 g/mol. The first kappa shape index (κ1) is 21.1. The highest BCUT2D eigenvalue weighted by Crippen LogP contribution is 2.37. The molecular formula is C21H25N3O7. The van der Waals surface area contributed by atoms with Crippen LogP contribution in [0, 0.1) is 0 Å². The van der Waals surface area contributed by atoms with E-state index >= 15 is 0 Å². The number of nitrogens with zero attached hydrogens (tertiary/aromatic N) is 2. The predicted octanol–water partition coefficient (Wildman–Crippen LogP) is 0.932. The fourth-order valence-corrected chi connectivity index (χ4v) is 3.98. The Bertz CT molecular complexity index is 1040. The van der Waals surface area contributed by atoms with Gasteiger partial charge in [0.15, 0.2) is 5.69 Å². The molecule has 1 spiro atoms. The number of carbonyl (C=O) groups is 1. The van der Waals surface area contributed by atoms with Crippen molar-refractivity contribution in [3.8, 4) is 17.2 Å². The van der Waals surface area contributed by atoms with Crippen molar-refractivity contribution in [1.82, 2.24) is 14.9 Å². The van der Waals surface area contributed by atoms with E-state index in [0.29, 0.717) is 55.5 Å². The number of fused-ring (bicyclic) bond motifs is 2. The van der Waals surface area contributed by atoms with Gasteiger partial charge in [0.25, 0.3) is 11.5 Å². The normalized spacial score (nSPS) is 17.1. The second kappa shape index (κ2) is 8.56. The first-order valence-corrected chi connectivity index (χ1v) is 10.0. The van der Waals surface area contributed by atoms with Gasteiger partial charge in [0.2, 0.25) is 5.75 Å². The monoisotopic (exact) mass is 431 g/mol. The lowest BCUT2D eigenvalue weighted by molar-refractivity contribution is -0.139. The van der Waals surface area contributed by atoms with Crippen LogP contribution in [0.2, 0.25) is 0 Å². The number of rotatable bonds is 5. The van der Waals surface area contributed by atoms with Crippen molar-refractivity contribution >= 4 is 5.91 Å². The number of benzene rings is 1. The lowest BCUT2D eigenvalue weighted by Gasteiger charge is -2.40. The molecule has 2 aliphatic heterocycles. The fourth-order valence-electron chi connectivity index (χ4n) is 3.98. The maximum atomic E-state index is 12.9. The van der Waals surface area contributed by atoms with E-state index in [2.05, 4.69) is 10.3 Å². The van der Waals surface area contributed by atoms with Gasteiger partial charge >= 0.3 is 0 Å². The third kappa shape index (κ3) is 3.84. The number of ether oxygens (including phenoxy) is 4. The van der Waals surface area contributed by atoms with Crippen LogP contribution in [0.15, 0.2) is 23.0 Å². The Morgan fingerprint density at radius 1 is 1.26 bits per heavy atom. The summed E-state index contributed by atoms with van der Waals surface area (Å²) in [5, 5.41) is 13.1. The number of hydrogen-bond donors (Lipinski definition) is 2. The van der Waals surface area contributed by atoms with Crippen LogP contribution in [0.4, 0.5) is 0 Å². The van der Waals surface area contributed by atoms with Gasteiger partial charge in [0.05, 0.1) is 27.4 Å². The molecule has 4 rings (SSSR count). The van der Waals surface area contributed by atoms with Crippen LogP contribution in [0.3, 0.4) is 0 Å². The third-order valence-electron chi connectivity index (χ3n) is 5.70. The average Bonchev–Trinajstić information content (AvgIpc) is 2.80. The van der Waals surface area contributed by atoms with Gasteiger partial charge < -0.3 is 29.4 Å². The van der Waals surface area contributed by atoms with E-state index in [1.165, 1.54) is 11.7 Å². The second-order valence-corrected chi connectivity index (χ2v) is 7.40. The van der Waals surface area contributed by atoms with Crippen LogP contribution in [0.1, 0.15) is 34.7 Å². The van der Waals surface area contributed by atoms with Gasteiger partial charge in [-0.3, -0.25) is 14.2 Å². The van der Waals surface area contributed by atoms with Gasteiger partial charge in [-0.25, -0.2) is 4.98 Å². The SMILES string of the molecule is COc1ccc(CNC(=O)c2nc3n(c(=O)c2O)CCOC32CCOCC2)c(OC)c1. The van der Waals surface area contributed by atoms with Gasteiger partial charge in [-0.2, -0.15) is 0 Å². The largest absolute Gasteiger partial charge is 0.501 e. The lowest BCUT2D eigenvalue weighted by Crippen LogP contribution is -2.48. The molecule has 0 radical (unpaired) electrons. The van der Waals surface area contributed by atoms with E-state index in [9.17, 15) is 14.7 Å². The Labute approximate surface area is 178 Å². The minimum Gasteiger partial charge on any atom is -0.501 e. The Balaban J connectivity index is 1.63. The summed E-state index contributed by atoms with van der Waals surface area (Å²) < 4.78 is 23.3. The molecule has 0 atom stereocenters.